The van der Waals surface area contributed by atoms with E-state index < -0.39 is 30.4 Å². The molecule has 0 aliphatic carbocycles. The molecule has 0 radical (unpaired) electrons. The number of rotatable bonds is 7. The Balaban J connectivity index is 2.29. The molecule has 1 aromatic heterocycles. The zero-order chi connectivity index (χ0) is 20.9. The standard InChI is InChI=1S/C17H17F6N3O2/c1-3-8-27-12-6-4-11(5-7-12)26(2)15-24-9-13(17(21,22)23)14(25-15)28-10-16(18,19)20/h4-7,9H,3,8,10H2,1-2H3. The van der Waals surface area contributed by atoms with E-state index in [4.69, 9.17) is 4.74 Å². The lowest BCUT2D eigenvalue weighted by Gasteiger charge is -2.20. The van der Waals surface area contributed by atoms with Crippen LogP contribution in [-0.2, 0) is 6.18 Å². The number of hydrogen-bond acceptors (Lipinski definition) is 5. The van der Waals surface area contributed by atoms with Crippen LogP contribution in [0.3, 0.4) is 0 Å². The minimum atomic E-state index is -4.96. The van der Waals surface area contributed by atoms with Gasteiger partial charge in [0.2, 0.25) is 11.8 Å². The largest absolute Gasteiger partial charge is 0.494 e. The van der Waals surface area contributed by atoms with Crippen LogP contribution in [0.5, 0.6) is 11.6 Å². The third-order valence-electron chi connectivity index (χ3n) is 3.42. The first-order chi connectivity index (χ1) is 13.0. The van der Waals surface area contributed by atoms with Gasteiger partial charge in [-0.25, -0.2) is 4.98 Å². The van der Waals surface area contributed by atoms with Crippen LogP contribution < -0.4 is 14.4 Å². The molecule has 154 valence electrons. The number of alkyl halides is 6. The minimum absolute atomic E-state index is 0.257. The van der Waals surface area contributed by atoms with Gasteiger partial charge in [0.05, 0.1) is 6.61 Å². The van der Waals surface area contributed by atoms with Crippen molar-refractivity contribution in [1.82, 2.24) is 9.97 Å². The summed E-state index contributed by atoms with van der Waals surface area (Å²) in [5, 5.41) is 0. The van der Waals surface area contributed by atoms with Crippen molar-refractivity contribution in [3.8, 4) is 11.6 Å². The summed E-state index contributed by atoms with van der Waals surface area (Å²) in [4.78, 5) is 8.44. The van der Waals surface area contributed by atoms with Gasteiger partial charge in [0.25, 0.3) is 0 Å². The molecule has 0 saturated carbocycles. The van der Waals surface area contributed by atoms with Crippen molar-refractivity contribution in [2.75, 3.05) is 25.2 Å². The highest BCUT2D eigenvalue weighted by Crippen LogP contribution is 2.36. The predicted molar refractivity (Wildman–Crippen MR) is 88.9 cm³/mol. The van der Waals surface area contributed by atoms with Gasteiger partial charge in [-0.05, 0) is 30.7 Å². The second-order valence-electron chi connectivity index (χ2n) is 5.69. The van der Waals surface area contributed by atoms with E-state index in [1.807, 2.05) is 6.92 Å². The summed E-state index contributed by atoms with van der Waals surface area (Å²) < 4.78 is 85.8. The fourth-order valence-electron chi connectivity index (χ4n) is 2.08. The van der Waals surface area contributed by atoms with Crippen LogP contribution in [0.2, 0.25) is 0 Å². The maximum atomic E-state index is 13.0. The van der Waals surface area contributed by atoms with E-state index in [9.17, 15) is 26.3 Å². The van der Waals surface area contributed by atoms with E-state index >= 15 is 0 Å². The molecule has 28 heavy (non-hydrogen) atoms. The van der Waals surface area contributed by atoms with Crippen LogP contribution in [-0.4, -0.2) is 36.4 Å². The number of aromatic nitrogens is 2. The number of ether oxygens (including phenoxy) is 2. The summed E-state index contributed by atoms with van der Waals surface area (Å²) in [6.07, 6.45) is -8.56. The Kier molecular flexibility index (Phi) is 6.57. The Morgan fingerprint density at radius 2 is 1.64 bits per heavy atom. The first-order valence-corrected chi connectivity index (χ1v) is 8.11. The third kappa shape index (κ3) is 5.89. The van der Waals surface area contributed by atoms with Crippen LogP contribution in [0.4, 0.5) is 38.0 Å². The SMILES string of the molecule is CCCOc1ccc(N(C)c2ncc(C(F)(F)F)c(OCC(F)(F)F)n2)cc1. The Morgan fingerprint density at radius 3 is 2.18 bits per heavy atom. The molecule has 0 saturated heterocycles. The number of benzene rings is 1. The van der Waals surface area contributed by atoms with Gasteiger partial charge in [-0.2, -0.15) is 31.3 Å². The number of anilines is 2. The number of hydrogen-bond donors (Lipinski definition) is 0. The van der Waals surface area contributed by atoms with Crippen LogP contribution in [0, 0.1) is 0 Å². The zero-order valence-electron chi connectivity index (χ0n) is 14.9. The average Bonchev–Trinajstić information content (AvgIpc) is 2.63. The molecule has 2 aromatic rings. The summed E-state index contributed by atoms with van der Waals surface area (Å²) in [7, 11) is 1.46. The smallest absolute Gasteiger partial charge is 0.423 e. The van der Waals surface area contributed by atoms with Crippen LogP contribution >= 0.6 is 0 Å². The summed E-state index contributed by atoms with van der Waals surface area (Å²) in [6, 6.07) is 6.52. The van der Waals surface area contributed by atoms with E-state index in [-0.39, 0.29) is 5.95 Å². The number of halogens is 6. The van der Waals surface area contributed by atoms with Gasteiger partial charge in [0, 0.05) is 18.9 Å². The molecule has 1 aromatic carbocycles. The Bertz CT molecular complexity index is 778. The molecule has 0 amide bonds. The van der Waals surface area contributed by atoms with Gasteiger partial charge >= 0.3 is 12.4 Å². The molecule has 11 heteroatoms. The van der Waals surface area contributed by atoms with Gasteiger partial charge in [0.1, 0.15) is 11.3 Å². The Hall–Kier alpha value is -2.72. The maximum absolute atomic E-state index is 13.0. The lowest BCUT2D eigenvalue weighted by molar-refractivity contribution is -0.159. The molecule has 0 N–H and O–H groups in total. The average molecular weight is 409 g/mol. The quantitative estimate of drug-likeness (QED) is 0.603. The summed E-state index contributed by atoms with van der Waals surface area (Å²) in [5.41, 5.74) is -0.998. The fourth-order valence-corrected chi connectivity index (χ4v) is 2.08. The third-order valence-corrected chi connectivity index (χ3v) is 3.42. The molecule has 0 atom stereocenters. The monoisotopic (exact) mass is 409 g/mol. The Labute approximate surface area is 156 Å². The second kappa shape index (κ2) is 8.53. The molecule has 2 rings (SSSR count). The summed E-state index contributed by atoms with van der Waals surface area (Å²) in [6.45, 7) is 0.569. The second-order valence-corrected chi connectivity index (χ2v) is 5.69. The van der Waals surface area contributed by atoms with Crippen molar-refractivity contribution in [2.24, 2.45) is 0 Å². The molecule has 0 spiro atoms. The van der Waals surface area contributed by atoms with E-state index in [1.165, 1.54) is 11.9 Å². The van der Waals surface area contributed by atoms with Crippen molar-refractivity contribution in [1.29, 1.82) is 0 Å². The van der Waals surface area contributed by atoms with Gasteiger partial charge in [-0.15, -0.1) is 0 Å². The van der Waals surface area contributed by atoms with Gasteiger partial charge in [-0.1, -0.05) is 6.92 Å². The molecule has 0 bridgehead atoms. The van der Waals surface area contributed by atoms with E-state index in [0.29, 0.717) is 24.2 Å². The topological polar surface area (TPSA) is 47.5 Å². The molecule has 0 aliphatic rings. The highest BCUT2D eigenvalue weighted by Gasteiger charge is 2.38. The summed E-state index contributed by atoms with van der Waals surface area (Å²) >= 11 is 0. The van der Waals surface area contributed by atoms with Crippen molar-refractivity contribution in [3.05, 3.63) is 36.0 Å². The predicted octanol–water partition coefficient (Wildman–Crippen LogP) is 4.99. The Morgan fingerprint density at radius 1 is 1.00 bits per heavy atom. The van der Waals surface area contributed by atoms with Crippen LogP contribution in [0.15, 0.2) is 30.5 Å². The maximum Gasteiger partial charge on any atom is 0.423 e. The molecule has 0 fully saturated rings. The van der Waals surface area contributed by atoms with Crippen LogP contribution in [0.25, 0.3) is 0 Å². The zero-order valence-corrected chi connectivity index (χ0v) is 14.9. The normalized spacial score (nSPS) is 12.0. The van der Waals surface area contributed by atoms with Gasteiger partial charge in [-0.3, -0.25) is 0 Å². The van der Waals surface area contributed by atoms with Crippen LogP contribution in [0.1, 0.15) is 18.9 Å². The first kappa shape index (κ1) is 21.6. The summed E-state index contributed by atoms with van der Waals surface area (Å²) in [5.74, 6) is -0.849. The van der Waals surface area contributed by atoms with Crippen molar-refractivity contribution in [3.63, 3.8) is 0 Å². The number of nitrogens with zero attached hydrogens (tertiary/aromatic N) is 3. The van der Waals surface area contributed by atoms with Crippen molar-refractivity contribution >= 4 is 11.6 Å². The lowest BCUT2D eigenvalue weighted by atomic mass is 10.3. The van der Waals surface area contributed by atoms with Crippen molar-refractivity contribution in [2.45, 2.75) is 25.7 Å². The minimum Gasteiger partial charge on any atom is -0.494 e. The first-order valence-electron chi connectivity index (χ1n) is 8.11. The molecule has 5 nitrogen and oxygen atoms in total. The molecule has 1 heterocycles. The fraction of sp³-hybridized carbons (Fsp3) is 0.412. The highest BCUT2D eigenvalue weighted by molar-refractivity contribution is 5.58. The van der Waals surface area contributed by atoms with Crippen molar-refractivity contribution < 1.29 is 35.8 Å². The lowest BCUT2D eigenvalue weighted by Crippen LogP contribution is -2.23. The van der Waals surface area contributed by atoms with E-state index in [0.717, 1.165) is 6.42 Å². The van der Waals surface area contributed by atoms with E-state index in [2.05, 4.69) is 14.7 Å². The van der Waals surface area contributed by atoms with Gasteiger partial charge < -0.3 is 14.4 Å². The molecule has 0 unspecified atom stereocenters. The molecular formula is C17H17F6N3O2. The highest BCUT2D eigenvalue weighted by atomic mass is 19.4. The van der Waals surface area contributed by atoms with E-state index in [1.54, 1.807) is 24.3 Å². The molecule has 0 aliphatic heterocycles. The molecular weight excluding hydrogens is 392 g/mol. The van der Waals surface area contributed by atoms with Gasteiger partial charge in [0.15, 0.2) is 6.61 Å².